The highest BCUT2D eigenvalue weighted by atomic mass is 19.3. The van der Waals surface area contributed by atoms with Gasteiger partial charge in [0.25, 0.3) is 11.8 Å². The number of benzene rings is 1. The summed E-state index contributed by atoms with van der Waals surface area (Å²) in [5.41, 5.74) is 1.25. The summed E-state index contributed by atoms with van der Waals surface area (Å²) in [5.74, 6) is -0.741. The van der Waals surface area contributed by atoms with Crippen LogP contribution in [0.3, 0.4) is 0 Å². The van der Waals surface area contributed by atoms with E-state index in [1.807, 2.05) is 13.8 Å². The Balaban J connectivity index is 1.43. The molecule has 1 aromatic carbocycles. The lowest BCUT2D eigenvalue weighted by molar-refractivity contribution is -0.0503. The molecule has 3 aromatic rings. The average molecular weight is 443 g/mol. The molecule has 32 heavy (non-hydrogen) atoms. The van der Waals surface area contributed by atoms with E-state index < -0.39 is 12.5 Å². The maximum Gasteiger partial charge on any atom is 0.387 e. The van der Waals surface area contributed by atoms with Gasteiger partial charge in [-0.1, -0.05) is 12.1 Å². The van der Waals surface area contributed by atoms with E-state index in [9.17, 15) is 18.4 Å². The van der Waals surface area contributed by atoms with Crippen LogP contribution in [0.4, 0.5) is 8.78 Å². The van der Waals surface area contributed by atoms with Gasteiger partial charge in [-0.2, -0.15) is 13.9 Å². The number of hydrogen-bond acceptors (Lipinski definition) is 5. The maximum atomic E-state index is 13.0. The lowest BCUT2D eigenvalue weighted by atomic mass is 10.1. The van der Waals surface area contributed by atoms with E-state index in [1.165, 1.54) is 23.1 Å². The molecule has 0 spiro atoms. The van der Waals surface area contributed by atoms with Crippen molar-refractivity contribution in [1.29, 1.82) is 0 Å². The smallest absolute Gasteiger partial charge is 0.387 e. The second-order valence-corrected chi connectivity index (χ2v) is 7.78. The van der Waals surface area contributed by atoms with Gasteiger partial charge in [-0.05, 0) is 32.0 Å². The summed E-state index contributed by atoms with van der Waals surface area (Å²) in [4.78, 5) is 33.4. The zero-order chi connectivity index (χ0) is 22.8. The summed E-state index contributed by atoms with van der Waals surface area (Å²) >= 11 is 0. The number of carbonyl (C=O) groups is 2. The number of amides is 2. The van der Waals surface area contributed by atoms with E-state index >= 15 is 0 Å². The topological polar surface area (TPSA) is 80.6 Å². The van der Waals surface area contributed by atoms with E-state index in [2.05, 4.69) is 14.8 Å². The third kappa shape index (κ3) is 4.25. The van der Waals surface area contributed by atoms with Crippen molar-refractivity contribution in [2.24, 2.45) is 0 Å². The first kappa shape index (κ1) is 21.7. The van der Waals surface area contributed by atoms with Gasteiger partial charge in [0.1, 0.15) is 5.75 Å². The van der Waals surface area contributed by atoms with Gasteiger partial charge in [-0.3, -0.25) is 9.59 Å². The minimum absolute atomic E-state index is 0.0735. The molecule has 1 aliphatic rings. The van der Waals surface area contributed by atoms with Crippen molar-refractivity contribution in [3.05, 3.63) is 53.9 Å². The number of rotatable bonds is 5. The molecule has 2 aromatic heterocycles. The third-order valence-electron chi connectivity index (χ3n) is 5.36. The lowest BCUT2D eigenvalue weighted by Crippen LogP contribution is -2.50. The fraction of sp³-hybridized carbons (Fsp3) is 0.364. The third-order valence-corrected chi connectivity index (χ3v) is 5.36. The van der Waals surface area contributed by atoms with E-state index in [0.29, 0.717) is 18.7 Å². The predicted molar refractivity (Wildman–Crippen MR) is 113 cm³/mol. The van der Waals surface area contributed by atoms with E-state index in [1.54, 1.807) is 34.1 Å². The highest BCUT2D eigenvalue weighted by Crippen LogP contribution is 2.23. The Labute approximate surface area is 183 Å². The number of hydrogen-bond donors (Lipinski definition) is 0. The fourth-order valence-corrected chi connectivity index (χ4v) is 3.74. The van der Waals surface area contributed by atoms with Gasteiger partial charge in [0.05, 0.1) is 17.3 Å². The summed E-state index contributed by atoms with van der Waals surface area (Å²) in [5, 5.41) is 5.10. The number of fused-ring (bicyclic) bond motifs is 1. The minimum Gasteiger partial charge on any atom is -0.434 e. The molecule has 8 nitrogen and oxygen atoms in total. The van der Waals surface area contributed by atoms with Crippen molar-refractivity contribution in [3.63, 3.8) is 0 Å². The zero-order valence-electron chi connectivity index (χ0n) is 17.7. The largest absolute Gasteiger partial charge is 0.434 e. The molecule has 0 unspecified atom stereocenters. The van der Waals surface area contributed by atoms with Crippen LogP contribution in [0.5, 0.6) is 5.75 Å². The normalized spacial score (nSPS) is 14.4. The molecule has 0 atom stereocenters. The zero-order valence-corrected chi connectivity index (χ0v) is 17.7. The van der Waals surface area contributed by atoms with Crippen LogP contribution in [0.25, 0.3) is 11.0 Å². The molecule has 0 N–H and O–H groups in total. The van der Waals surface area contributed by atoms with Crippen molar-refractivity contribution in [2.45, 2.75) is 26.5 Å². The summed E-state index contributed by atoms with van der Waals surface area (Å²) in [6.45, 7) is 2.22. The Kier molecular flexibility index (Phi) is 6.02. The van der Waals surface area contributed by atoms with Crippen LogP contribution in [0.2, 0.25) is 0 Å². The van der Waals surface area contributed by atoms with Crippen LogP contribution in [-0.2, 0) is 0 Å². The van der Waals surface area contributed by atoms with Crippen LogP contribution in [0, 0.1) is 0 Å². The minimum atomic E-state index is -3.02. The van der Waals surface area contributed by atoms with Crippen LogP contribution in [0.15, 0.2) is 42.7 Å². The monoisotopic (exact) mass is 443 g/mol. The molecule has 3 heterocycles. The molecular weight excluding hydrogens is 420 g/mol. The first-order valence-electron chi connectivity index (χ1n) is 10.3. The van der Waals surface area contributed by atoms with E-state index in [-0.39, 0.29) is 36.4 Å². The Bertz CT molecular complexity index is 1140. The Hall–Kier alpha value is -3.56. The highest BCUT2D eigenvalue weighted by Gasteiger charge is 2.28. The van der Waals surface area contributed by atoms with Crippen molar-refractivity contribution >= 4 is 22.8 Å². The number of aromatic nitrogens is 3. The van der Waals surface area contributed by atoms with Gasteiger partial charge in [0, 0.05) is 43.8 Å². The van der Waals surface area contributed by atoms with Crippen LogP contribution in [0.1, 0.15) is 40.6 Å². The number of halogens is 2. The summed E-state index contributed by atoms with van der Waals surface area (Å²) in [6.07, 6.45) is 3.23. The van der Waals surface area contributed by atoms with Gasteiger partial charge < -0.3 is 14.5 Å². The number of para-hydroxylation sites is 1. The van der Waals surface area contributed by atoms with Crippen molar-refractivity contribution in [1.82, 2.24) is 24.6 Å². The first-order valence-corrected chi connectivity index (χ1v) is 10.3. The molecule has 1 fully saturated rings. The standard InChI is InChI=1S/C22H23F2N5O3/c1-14(2)29-19-15(13-26-29)11-16(12-25-19)20(30)27-7-9-28(10-8-27)21(31)17-5-3-4-6-18(17)32-22(23)24/h3-6,11-14,22H,7-10H2,1-2H3. The number of carbonyl (C=O) groups excluding carboxylic acids is 2. The van der Waals surface area contributed by atoms with Crippen molar-refractivity contribution < 1.29 is 23.1 Å². The Morgan fingerprint density at radius 2 is 1.66 bits per heavy atom. The SMILES string of the molecule is CC(C)n1ncc2cc(C(=O)N3CCN(C(=O)c4ccccc4OC(F)F)CC3)cnc21. The Morgan fingerprint density at radius 3 is 2.31 bits per heavy atom. The Morgan fingerprint density at radius 1 is 1.00 bits per heavy atom. The van der Waals surface area contributed by atoms with Crippen molar-refractivity contribution in [2.75, 3.05) is 26.2 Å². The van der Waals surface area contributed by atoms with Crippen LogP contribution < -0.4 is 4.74 Å². The number of pyridine rings is 1. The van der Waals surface area contributed by atoms with Crippen LogP contribution in [-0.4, -0.2) is 69.2 Å². The molecule has 0 radical (unpaired) electrons. The summed E-state index contributed by atoms with van der Waals surface area (Å²) < 4.78 is 31.6. The van der Waals surface area contributed by atoms with Crippen molar-refractivity contribution in [3.8, 4) is 5.75 Å². The molecule has 0 aliphatic carbocycles. The molecule has 10 heteroatoms. The van der Waals surface area contributed by atoms with Gasteiger partial charge >= 0.3 is 6.61 Å². The quantitative estimate of drug-likeness (QED) is 0.605. The maximum absolute atomic E-state index is 13.0. The van der Waals surface area contributed by atoms with Gasteiger partial charge in [0.2, 0.25) is 0 Å². The van der Waals surface area contributed by atoms with Gasteiger partial charge in [-0.25, -0.2) is 9.67 Å². The van der Waals surface area contributed by atoms with Gasteiger partial charge in [-0.15, -0.1) is 0 Å². The molecular formula is C22H23F2N5O3. The molecule has 4 rings (SSSR count). The molecule has 0 saturated carbocycles. The van der Waals surface area contributed by atoms with Gasteiger partial charge in [0.15, 0.2) is 5.65 Å². The number of nitrogens with zero attached hydrogens (tertiary/aromatic N) is 5. The second-order valence-electron chi connectivity index (χ2n) is 7.78. The van der Waals surface area contributed by atoms with E-state index in [4.69, 9.17) is 0 Å². The van der Waals surface area contributed by atoms with Crippen LogP contribution >= 0.6 is 0 Å². The number of alkyl halides is 2. The van der Waals surface area contributed by atoms with E-state index in [0.717, 1.165) is 11.0 Å². The number of ether oxygens (including phenoxy) is 1. The summed E-state index contributed by atoms with van der Waals surface area (Å²) in [6, 6.07) is 7.84. The lowest BCUT2D eigenvalue weighted by Gasteiger charge is -2.35. The first-order chi connectivity index (χ1) is 15.3. The average Bonchev–Trinajstić information content (AvgIpc) is 3.22. The second kappa shape index (κ2) is 8.89. The number of piperazine rings is 1. The molecule has 2 amide bonds. The summed E-state index contributed by atoms with van der Waals surface area (Å²) in [7, 11) is 0. The predicted octanol–water partition coefficient (Wildman–Crippen LogP) is 3.21. The fourth-order valence-electron chi connectivity index (χ4n) is 3.74. The highest BCUT2D eigenvalue weighted by molar-refractivity contribution is 5.98. The molecule has 1 aliphatic heterocycles. The molecule has 168 valence electrons. The molecule has 0 bridgehead atoms. The molecule has 1 saturated heterocycles.